The van der Waals surface area contributed by atoms with E-state index in [4.69, 9.17) is 17.3 Å². The molecule has 1 heterocycles. The molecule has 0 atom stereocenters. The van der Waals surface area contributed by atoms with Gasteiger partial charge in [-0.2, -0.15) is 0 Å². The zero-order valence-electron chi connectivity index (χ0n) is 10.1. The Morgan fingerprint density at radius 3 is 2.65 bits per heavy atom. The zero-order chi connectivity index (χ0) is 14.7. The number of pyridine rings is 1. The fourth-order valence-electron chi connectivity index (χ4n) is 1.56. The highest BCUT2D eigenvalue weighted by Crippen LogP contribution is 2.23. The first-order valence-corrected chi connectivity index (χ1v) is 5.94. The van der Waals surface area contributed by atoms with Crippen LogP contribution in [0.3, 0.4) is 0 Å². The highest BCUT2D eigenvalue weighted by Gasteiger charge is 2.13. The number of amides is 2. The van der Waals surface area contributed by atoms with Gasteiger partial charge >= 0.3 is 0 Å². The van der Waals surface area contributed by atoms with E-state index >= 15 is 0 Å². The molecule has 1 aromatic carbocycles. The van der Waals surface area contributed by atoms with Crippen molar-refractivity contribution >= 4 is 29.1 Å². The van der Waals surface area contributed by atoms with Gasteiger partial charge in [-0.1, -0.05) is 11.6 Å². The maximum Gasteiger partial charge on any atom is 0.261 e. The van der Waals surface area contributed by atoms with E-state index < -0.39 is 17.2 Å². The molecule has 6 nitrogen and oxygen atoms in total. The number of rotatable bonds is 3. The Morgan fingerprint density at radius 2 is 2.00 bits per heavy atom. The van der Waals surface area contributed by atoms with Crippen LogP contribution in [0, 0.1) is 0 Å². The second-order valence-electron chi connectivity index (χ2n) is 3.94. The van der Waals surface area contributed by atoms with Crippen LogP contribution in [0.15, 0.2) is 41.5 Å². The minimum Gasteiger partial charge on any atom is -0.367 e. The number of carbonyl (C=O) groups excluding carboxylic acids is 2. The van der Waals surface area contributed by atoms with Crippen molar-refractivity contribution in [3.63, 3.8) is 0 Å². The third-order valence-electron chi connectivity index (χ3n) is 2.57. The van der Waals surface area contributed by atoms with Crippen molar-refractivity contribution in [3.8, 4) is 0 Å². The molecule has 2 aromatic rings. The topological polar surface area (TPSA) is 105 Å². The predicted octanol–water partition coefficient (Wildman–Crippen LogP) is 1.38. The van der Waals surface area contributed by atoms with E-state index in [0.717, 1.165) is 0 Å². The Kier molecular flexibility index (Phi) is 3.86. The fraction of sp³-hybridized carbons (Fsp3) is 0. The lowest BCUT2D eigenvalue weighted by molar-refractivity contribution is 0.0996. The smallest absolute Gasteiger partial charge is 0.261 e. The van der Waals surface area contributed by atoms with Gasteiger partial charge in [0.05, 0.1) is 10.7 Å². The van der Waals surface area contributed by atoms with Gasteiger partial charge in [0.15, 0.2) is 5.43 Å². The maximum atomic E-state index is 12.0. The van der Waals surface area contributed by atoms with Gasteiger partial charge in [-0.25, -0.2) is 0 Å². The molecule has 20 heavy (non-hydrogen) atoms. The molecule has 102 valence electrons. The van der Waals surface area contributed by atoms with E-state index in [1.54, 1.807) is 0 Å². The summed E-state index contributed by atoms with van der Waals surface area (Å²) >= 11 is 5.92. The summed E-state index contributed by atoms with van der Waals surface area (Å²) in [5, 5.41) is 2.70. The number of halogens is 1. The minimum atomic E-state index is -0.644. The number of aromatic nitrogens is 1. The second kappa shape index (κ2) is 5.58. The second-order valence-corrected chi connectivity index (χ2v) is 4.34. The molecule has 2 rings (SSSR count). The lowest BCUT2D eigenvalue weighted by atomic mass is 10.2. The van der Waals surface area contributed by atoms with Crippen LogP contribution in [-0.2, 0) is 0 Å². The monoisotopic (exact) mass is 291 g/mol. The molecule has 7 heteroatoms. The van der Waals surface area contributed by atoms with Gasteiger partial charge in [-0.05, 0) is 18.2 Å². The molecule has 4 N–H and O–H groups in total. The molecule has 0 spiro atoms. The predicted molar refractivity (Wildman–Crippen MR) is 75.0 cm³/mol. The van der Waals surface area contributed by atoms with Gasteiger partial charge in [0.1, 0.15) is 5.56 Å². The summed E-state index contributed by atoms with van der Waals surface area (Å²) in [5.41, 5.74) is 5.07. The molecule has 1 aromatic heterocycles. The summed E-state index contributed by atoms with van der Waals surface area (Å²) in [5.74, 6) is -1.27. The van der Waals surface area contributed by atoms with Crippen LogP contribution < -0.4 is 16.5 Å². The highest BCUT2D eigenvalue weighted by molar-refractivity contribution is 6.34. The van der Waals surface area contributed by atoms with Crippen molar-refractivity contribution in [3.05, 3.63) is 63.0 Å². The van der Waals surface area contributed by atoms with E-state index in [1.807, 2.05) is 0 Å². The van der Waals surface area contributed by atoms with Gasteiger partial charge in [0.2, 0.25) is 5.91 Å². The fourth-order valence-corrected chi connectivity index (χ4v) is 1.72. The summed E-state index contributed by atoms with van der Waals surface area (Å²) < 4.78 is 0. The number of carbonyl (C=O) groups is 2. The standard InChI is InChI=1S/C13H10ClN3O3/c14-9-2-1-7(12(15)19)5-10(9)17-13(20)8-6-16-4-3-11(8)18/h1-6H,(H2,15,19)(H,16,18)(H,17,20). The van der Waals surface area contributed by atoms with Crippen molar-refractivity contribution < 1.29 is 9.59 Å². The Bertz CT molecular complexity index is 740. The van der Waals surface area contributed by atoms with Gasteiger partial charge < -0.3 is 16.0 Å². The lowest BCUT2D eigenvalue weighted by Crippen LogP contribution is -2.21. The van der Waals surface area contributed by atoms with Crippen LogP contribution in [-0.4, -0.2) is 16.8 Å². The molecule has 0 saturated heterocycles. The Morgan fingerprint density at radius 1 is 1.25 bits per heavy atom. The summed E-state index contributed by atoms with van der Waals surface area (Å²) in [6.45, 7) is 0. The number of benzene rings is 1. The SMILES string of the molecule is NC(=O)c1ccc(Cl)c(NC(=O)c2c[nH]ccc2=O)c1. The van der Waals surface area contributed by atoms with Gasteiger partial charge in [0.25, 0.3) is 5.91 Å². The molecule has 0 unspecified atom stereocenters. The molecule has 0 bridgehead atoms. The van der Waals surface area contributed by atoms with Crippen molar-refractivity contribution in [2.75, 3.05) is 5.32 Å². The van der Waals surface area contributed by atoms with Crippen LogP contribution in [0.4, 0.5) is 5.69 Å². The molecular weight excluding hydrogens is 282 g/mol. The van der Waals surface area contributed by atoms with Crippen molar-refractivity contribution in [1.82, 2.24) is 4.98 Å². The highest BCUT2D eigenvalue weighted by atomic mass is 35.5. The van der Waals surface area contributed by atoms with E-state index in [2.05, 4.69) is 10.3 Å². The molecule has 2 amide bonds. The Balaban J connectivity index is 2.33. The third kappa shape index (κ3) is 2.86. The van der Waals surface area contributed by atoms with E-state index in [9.17, 15) is 14.4 Å². The molecule has 0 aliphatic carbocycles. The van der Waals surface area contributed by atoms with Gasteiger partial charge in [0, 0.05) is 24.0 Å². The van der Waals surface area contributed by atoms with Crippen LogP contribution in [0.25, 0.3) is 0 Å². The van der Waals surface area contributed by atoms with Crippen LogP contribution in [0.2, 0.25) is 5.02 Å². The van der Waals surface area contributed by atoms with Gasteiger partial charge in [-0.3, -0.25) is 14.4 Å². The average Bonchev–Trinajstić information content (AvgIpc) is 2.41. The zero-order valence-corrected chi connectivity index (χ0v) is 10.9. The minimum absolute atomic E-state index is 0.0620. The molecule has 0 aliphatic heterocycles. The first kappa shape index (κ1) is 13.8. The maximum absolute atomic E-state index is 12.0. The number of nitrogens with two attached hydrogens (primary N) is 1. The summed E-state index contributed by atoms with van der Waals surface area (Å²) in [4.78, 5) is 37.2. The average molecular weight is 292 g/mol. The number of anilines is 1. The number of nitrogens with one attached hydrogen (secondary N) is 2. The number of H-pyrrole nitrogens is 1. The number of primary amides is 1. The van der Waals surface area contributed by atoms with Crippen LogP contribution >= 0.6 is 11.6 Å². The normalized spacial score (nSPS) is 10.1. The Hall–Kier alpha value is -2.60. The Labute approximate surface area is 118 Å². The molecule has 0 saturated carbocycles. The van der Waals surface area contributed by atoms with Crippen LogP contribution in [0.5, 0.6) is 0 Å². The van der Waals surface area contributed by atoms with Crippen LogP contribution in [0.1, 0.15) is 20.7 Å². The summed E-state index contributed by atoms with van der Waals surface area (Å²) in [6.07, 6.45) is 2.70. The van der Waals surface area contributed by atoms with E-state index in [1.165, 1.54) is 36.7 Å². The van der Waals surface area contributed by atoms with Crippen molar-refractivity contribution in [2.24, 2.45) is 5.73 Å². The lowest BCUT2D eigenvalue weighted by Gasteiger charge is -2.08. The van der Waals surface area contributed by atoms with E-state index in [0.29, 0.717) is 0 Å². The van der Waals surface area contributed by atoms with Crippen molar-refractivity contribution in [2.45, 2.75) is 0 Å². The molecule has 0 aliphatic rings. The summed E-state index contributed by atoms with van der Waals surface area (Å²) in [6, 6.07) is 5.46. The first-order valence-electron chi connectivity index (χ1n) is 5.57. The first-order chi connectivity index (χ1) is 9.49. The molecule has 0 radical (unpaired) electrons. The van der Waals surface area contributed by atoms with Crippen molar-refractivity contribution in [1.29, 1.82) is 0 Å². The largest absolute Gasteiger partial charge is 0.367 e. The van der Waals surface area contributed by atoms with E-state index in [-0.39, 0.29) is 21.8 Å². The third-order valence-corrected chi connectivity index (χ3v) is 2.90. The number of hydrogen-bond acceptors (Lipinski definition) is 3. The number of hydrogen-bond donors (Lipinski definition) is 3. The summed E-state index contributed by atoms with van der Waals surface area (Å²) in [7, 11) is 0. The number of aromatic amines is 1. The van der Waals surface area contributed by atoms with Gasteiger partial charge in [-0.15, -0.1) is 0 Å². The molecular formula is C13H10ClN3O3. The quantitative estimate of drug-likeness (QED) is 0.795. The molecule has 0 fully saturated rings.